The van der Waals surface area contributed by atoms with E-state index in [1.807, 2.05) is 32.9 Å². The lowest BCUT2D eigenvalue weighted by molar-refractivity contribution is -0.125. The second-order valence-corrected chi connectivity index (χ2v) is 10.5. The van der Waals surface area contributed by atoms with Gasteiger partial charge in [0.05, 0.1) is 0 Å². The van der Waals surface area contributed by atoms with Crippen LogP contribution in [0.5, 0.6) is 0 Å². The van der Waals surface area contributed by atoms with Crippen LogP contribution in [-0.2, 0) is 19.6 Å². The molecule has 1 heterocycles. The average molecular weight is 446 g/mol. The van der Waals surface area contributed by atoms with Crippen molar-refractivity contribution in [2.24, 2.45) is 11.8 Å². The molecule has 3 rings (SSSR count). The third-order valence-electron chi connectivity index (χ3n) is 6.31. The van der Waals surface area contributed by atoms with Crippen LogP contribution >= 0.6 is 0 Å². The Morgan fingerprint density at radius 2 is 1.57 bits per heavy atom. The molecular formula is C21H26F3NO4S. The molecule has 166 valence electrons. The minimum Gasteiger partial charge on any atom is -0.298 e. The van der Waals surface area contributed by atoms with Crippen molar-refractivity contribution < 1.29 is 31.2 Å². The molecule has 1 aromatic carbocycles. The van der Waals surface area contributed by atoms with E-state index < -0.39 is 27.4 Å². The Balaban J connectivity index is 1.68. The van der Waals surface area contributed by atoms with Gasteiger partial charge in [0.2, 0.25) is 0 Å². The number of sulfonamides is 1. The third-order valence-corrected chi connectivity index (χ3v) is 7.94. The molecule has 1 saturated heterocycles. The van der Waals surface area contributed by atoms with Gasteiger partial charge in [-0.15, -0.1) is 0 Å². The van der Waals surface area contributed by atoms with Crippen LogP contribution in [0.2, 0.25) is 0 Å². The van der Waals surface area contributed by atoms with Gasteiger partial charge in [-0.2, -0.15) is 17.5 Å². The summed E-state index contributed by atoms with van der Waals surface area (Å²) in [6.07, 6.45) is 1.04. The molecule has 1 saturated carbocycles. The Kier molecular flexibility index (Phi) is 6.17. The lowest BCUT2D eigenvalue weighted by Crippen LogP contribution is -2.45. The Labute approximate surface area is 174 Å². The van der Waals surface area contributed by atoms with E-state index in [2.05, 4.69) is 0 Å². The van der Waals surface area contributed by atoms with Gasteiger partial charge in [-0.1, -0.05) is 17.7 Å². The molecule has 1 aliphatic carbocycles. The van der Waals surface area contributed by atoms with Crippen LogP contribution in [0.4, 0.5) is 13.2 Å². The number of halogens is 3. The van der Waals surface area contributed by atoms with Crippen molar-refractivity contribution in [3.63, 3.8) is 0 Å². The van der Waals surface area contributed by atoms with E-state index in [0.29, 0.717) is 10.7 Å². The molecule has 0 spiro atoms. The van der Waals surface area contributed by atoms with Crippen LogP contribution in [0, 0.1) is 32.6 Å². The SMILES string of the molecule is Cc1cc(C)c(C2C(=O)CC(CC3CCN(S(=O)(=O)C(F)(F)F)CC3)C2=O)c(C)c1. The third kappa shape index (κ3) is 4.19. The molecule has 0 aromatic heterocycles. The summed E-state index contributed by atoms with van der Waals surface area (Å²) >= 11 is 0. The molecule has 1 aliphatic heterocycles. The molecular weight excluding hydrogens is 419 g/mol. The monoisotopic (exact) mass is 445 g/mol. The Morgan fingerprint density at radius 1 is 1.03 bits per heavy atom. The van der Waals surface area contributed by atoms with E-state index >= 15 is 0 Å². The minimum absolute atomic E-state index is 0.0783. The normalized spacial score (nSPS) is 24.6. The van der Waals surface area contributed by atoms with E-state index in [1.165, 1.54) is 0 Å². The van der Waals surface area contributed by atoms with Crippen molar-refractivity contribution in [3.05, 3.63) is 34.4 Å². The zero-order chi connectivity index (χ0) is 22.4. The zero-order valence-corrected chi connectivity index (χ0v) is 18.1. The second kappa shape index (κ2) is 8.07. The zero-order valence-electron chi connectivity index (χ0n) is 17.3. The summed E-state index contributed by atoms with van der Waals surface area (Å²) in [6, 6.07) is 3.90. The molecule has 0 amide bonds. The first-order valence-electron chi connectivity index (χ1n) is 10.0. The van der Waals surface area contributed by atoms with Gasteiger partial charge < -0.3 is 0 Å². The number of piperidine rings is 1. The standard InChI is InChI=1S/C21H26F3NO4S/c1-12-8-13(2)18(14(3)9-12)19-17(26)11-16(20(19)27)10-15-4-6-25(7-5-15)30(28,29)21(22,23)24/h8-9,15-16,19H,4-7,10-11H2,1-3H3. The molecule has 2 atom stereocenters. The Morgan fingerprint density at radius 3 is 2.07 bits per heavy atom. The fourth-order valence-corrected chi connectivity index (χ4v) is 5.92. The van der Waals surface area contributed by atoms with Gasteiger partial charge in [0.25, 0.3) is 0 Å². The van der Waals surface area contributed by atoms with Crippen LogP contribution in [0.25, 0.3) is 0 Å². The summed E-state index contributed by atoms with van der Waals surface area (Å²) < 4.78 is 61.7. The van der Waals surface area contributed by atoms with Crippen molar-refractivity contribution in [1.29, 1.82) is 0 Å². The summed E-state index contributed by atoms with van der Waals surface area (Å²) in [6.45, 7) is 5.29. The number of benzene rings is 1. The lowest BCUT2D eigenvalue weighted by atomic mass is 9.83. The maximum Gasteiger partial charge on any atom is 0.511 e. The molecule has 0 radical (unpaired) electrons. The van der Waals surface area contributed by atoms with Crippen LogP contribution in [0.1, 0.15) is 53.9 Å². The topological polar surface area (TPSA) is 71.5 Å². The summed E-state index contributed by atoms with van der Waals surface area (Å²) in [5, 5.41) is 0. The number of rotatable bonds is 4. The number of alkyl halides is 3. The van der Waals surface area contributed by atoms with Crippen LogP contribution in [0.15, 0.2) is 12.1 Å². The van der Waals surface area contributed by atoms with Crippen molar-refractivity contribution in [3.8, 4) is 0 Å². The highest BCUT2D eigenvalue weighted by Crippen LogP contribution is 2.40. The first-order valence-corrected chi connectivity index (χ1v) is 11.5. The number of hydrogen-bond acceptors (Lipinski definition) is 4. The maximum absolute atomic E-state index is 13.1. The van der Waals surface area contributed by atoms with E-state index in [-0.39, 0.29) is 49.8 Å². The quantitative estimate of drug-likeness (QED) is 0.661. The molecule has 0 bridgehead atoms. The number of ketones is 2. The number of nitrogens with zero attached hydrogens (tertiary/aromatic N) is 1. The first kappa shape index (κ1) is 22.9. The van der Waals surface area contributed by atoms with E-state index in [4.69, 9.17) is 0 Å². The van der Waals surface area contributed by atoms with Gasteiger partial charge in [-0.3, -0.25) is 9.59 Å². The lowest BCUT2D eigenvalue weighted by Gasteiger charge is -2.32. The average Bonchev–Trinajstić information content (AvgIpc) is 2.88. The van der Waals surface area contributed by atoms with E-state index in [1.54, 1.807) is 0 Å². The number of aryl methyl sites for hydroxylation is 3. The maximum atomic E-state index is 13.1. The molecule has 5 nitrogen and oxygen atoms in total. The van der Waals surface area contributed by atoms with Crippen LogP contribution in [0.3, 0.4) is 0 Å². The molecule has 1 aromatic rings. The summed E-state index contributed by atoms with van der Waals surface area (Å²) in [4.78, 5) is 25.7. The van der Waals surface area contributed by atoms with Crippen LogP contribution < -0.4 is 0 Å². The number of carbonyl (C=O) groups is 2. The fourth-order valence-electron chi connectivity index (χ4n) is 4.94. The van der Waals surface area contributed by atoms with Crippen molar-refractivity contribution in [2.45, 2.75) is 57.9 Å². The van der Waals surface area contributed by atoms with E-state index in [9.17, 15) is 31.2 Å². The van der Waals surface area contributed by atoms with Crippen molar-refractivity contribution >= 4 is 21.6 Å². The highest BCUT2D eigenvalue weighted by atomic mass is 32.2. The Hall–Kier alpha value is -1.74. The molecule has 30 heavy (non-hydrogen) atoms. The van der Waals surface area contributed by atoms with Crippen LogP contribution in [-0.4, -0.2) is 42.9 Å². The minimum atomic E-state index is -5.32. The number of carbonyl (C=O) groups excluding carboxylic acids is 2. The molecule has 2 aliphatic rings. The van der Waals surface area contributed by atoms with Crippen molar-refractivity contribution in [2.75, 3.05) is 13.1 Å². The summed E-state index contributed by atoms with van der Waals surface area (Å²) in [7, 11) is -5.32. The fraction of sp³-hybridized carbons (Fsp3) is 0.619. The number of hydrogen-bond donors (Lipinski definition) is 0. The van der Waals surface area contributed by atoms with Gasteiger partial charge >= 0.3 is 15.5 Å². The summed E-state index contributed by atoms with van der Waals surface area (Å²) in [5.74, 6) is -1.55. The van der Waals surface area contributed by atoms with Gasteiger partial charge in [0.15, 0.2) is 5.78 Å². The van der Waals surface area contributed by atoms with Gasteiger partial charge in [0.1, 0.15) is 11.7 Å². The largest absolute Gasteiger partial charge is 0.511 e. The molecule has 2 fully saturated rings. The van der Waals surface area contributed by atoms with Gasteiger partial charge in [-0.05, 0) is 62.6 Å². The van der Waals surface area contributed by atoms with Gasteiger partial charge in [0, 0.05) is 25.4 Å². The van der Waals surface area contributed by atoms with Gasteiger partial charge in [-0.25, -0.2) is 8.42 Å². The molecule has 9 heteroatoms. The predicted molar refractivity (Wildman–Crippen MR) is 105 cm³/mol. The number of Topliss-reactive ketones (excluding diaryl/α,β-unsaturated/α-hetero) is 2. The highest BCUT2D eigenvalue weighted by molar-refractivity contribution is 7.90. The summed E-state index contributed by atoms with van der Waals surface area (Å²) in [5.41, 5.74) is -1.66. The molecule has 0 N–H and O–H groups in total. The first-order chi connectivity index (χ1) is 13.8. The molecule has 2 unspecified atom stereocenters. The smallest absolute Gasteiger partial charge is 0.298 e. The Bertz CT molecular complexity index is 940. The second-order valence-electron chi connectivity index (χ2n) is 8.54. The highest BCUT2D eigenvalue weighted by Gasteiger charge is 2.51. The predicted octanol–water partition coefficient (Wildman–Crippen LogP) is 3.81. The van der Waals surface area contributed by atoms with Crippen molar-refractivity contribution in [1.82, 2.24) is 4.31 Å². The van der Waals surface area contributed by atoms with E-state index in [0.717, 1.165) is 22.3 Å².